The van der Waals surface area contributed by atoms with Crippen LogP contribution in [0.4, 0.5) is 10.1 Å². The molecule has 0 aliphatic heterocycles. The molecule has 21 heavy (non-hydrogen) atoms. The lowest BCUT2D eigenvalue weighted by Crippen LogP contribution is -2.19. The molecule has 0 spiro atoms. The lowest BCUT2D eigenvalue weighted by molar-refractivity contribution is -0.113. The van der Waals surface area contributed by atoms with E-state index in [0.29, 0.717) is 5.69 Å². The van der Waals surface area contributed by atoms with E-state index in [0.717, 1.165) is 4.90 Å². The lowest BCUT2D eigenvalue weighted by atomic mass is 10.1. The van der Waals surface area contributed by atoms with Gasteiger partial charge in [0, 0.05) is 4.90 Å². The van der Waals surface area contributed by atoms with E-state index in [1.165, 1.54) is 23.9 Å². The first kappa shape index (κ1) is 15.1. The number of para-hydroxylation sites is 1. The summed E-state index contributed by atoms with van der Waals surface area (Å²) in [5.41, 5.74) is 5.88. The minimum Gasteiger partial charge on any atom is -0.366 e. The Bertz CT molecular complexity index is 659. The Morgan fingerprint density at radius 1 is 1.10 bits per heavy atom. The predicted octanol–water partition coefficient (Wildman–Crippen LogP) is 2.66. The average Bonchev–Trinajstić information content (AvgIpc) is 2.47. The molecule has 0 fully saturated rings. The zero-order valence-electron chi connectivity index (χ0n) is 11.0. The molecule has 0 aliphatic carbocycles. The Kier molecular flexibility index (Phi) is 4.94. The number of primary amides is 1. The van der Waals surface area contributed by atoms with Crippen molar-refractivity contribution in [2.45, 2.75) is 4.90 Å². The fourth-order valence-corrected chi connectivity index (χ4v) is 2.37. The molecule has 4 nitrogen and oxygen atoms in total. The normalized spacial score (nSPS) is 10.1. The lowest BCUT2D eigenvalue weighted by Gasteiger charge is -2.08. The molecular formula is C15H13FN2O2S. The number of hydrogen-bond donors (Lipinski definition) is 2. The summed E-state index contributed by atoms with van der Waals surface area (Å²) in [7, 11) is 0. The number of amides is 2. The number of benzene rings is 2. The van der Waals surface area contributed by atoms with E-state index in [2.05, 4.69) is 5.32 Å². The molecule has 2 amide bonds. The maximum absolute atomic E-state index is 12.8. The SMILES string of the molecule is NC(=O)c1ccccc1NC(=O)CSc1ccc(F)cc1. The van der Waals surface area contributed by atoms with E-state index in [1.807, 2.05) is 0 Å². The number of halogens is 1. The molecule has 6 heteroatoms. The Labute approximate surface area is 125 Å². The van der Waals surface area contributed by atoms with Crippen molar-refractivity contribution in [3.8, 4) is 0 Å². The van der Waals surface area contributed by atoms with Gasteiger partial charge in [0.2, 0.25) is 5.91 Å². The number of hydrogen-bond acceptors (Lipinski definition) is 3. The second-order valence-corrected chi connectivity index (χ2v) is 5.25. The summed E-state index contributed by atoms with van der Waals surface area (Å²) in [6, 6.07) is 12.4. The van der Waals surface area contributed by atoms with Crippen molar-refractivity contribution in [3.05, 3.63) is 59.9 Å². The fraction of sp³-hybridized carbons (Fsp3) is 0.0667. The van der Waals surface area contributed by atoms with Crippen molar-refractivity contribution in [2.24, 2.45) is 5.73 Å². The van der Waals surface area contributed by atoms with Crippen molar-refractivity contribution >= 4 is 29.3 Å². The third-order valence-corrected chi connectivity index (χ3v) is 3.66. The Morgan fingerprint density at radius 3 is 2.43 bits per heavy atom. The van der Waals surface area contributed by atoms with Gasteiger partial charge in [0.25, 0.3) is 5.91 Å². The molecule has 2 aromatic carbocycles. The van der Waals surface area contributed by atoms with E-state index in [4.69, 9.17) is 5.73 Å². The van der Waals surface area contributed by atoms with Crippen molar-refractivity contribution in [2.75, 3.05) is 11.1 Å². The minimum absolute atomic E-state index is 0.152. The first-order valence-electron chi connectivity index (χ1n) is 6.13. The van der Waals surface area contributed by atoms with E-state index in [9.17, 15) is 14.0 Å². The van der Waals surface area contributed by atoms with Gasteiger partial charge in [0.05, 0.1) is 17.0 Å². The van der Waals surface area contributed by atoms with Gasteiger partial charge in [-0.25, -0.2) is 4.39 Å². The third-order valence-electron chi connectivity index (χ3n) is 2.65. The molecule has 2 aromatic rings. The molecule has 0 atom stereocenters. The van der Waals surface area contributed by atoms with Gasteiger partial charge in [-0.05, 0) is 36.4 Å². The van der Waals surface area contributed by atoms with Crippen LogP contribution in [0.1, 0.15) is 10.4 Å². The van der Waals surface area contributed by atoms with E-state index in [1.54, 1.807) is 36.4 Å². The molecule has 0 heterocycles. The summed E-state index contributed by atoms with van der Waals surface area (Å²) in [6.45, 7) is 0. The van der Waals surface area contributed by atoms with Gasteiger partial charge in [-0.1, -0.05) is 12.1 Å². The zero-order chi connectivity index (χ0) is 15.2. The summed E-state index contributed by atoms with van der Waals surface area (Å²) in [5.74, 6) is -1.03. The van der Waals surface area contributed by atoms with Crippen LogP contribution in [0.3, 0.4) is 0 Å². The predicted molar refractivity (Wildman–Crippen MR) is 80.7 cm³/mol. The first-order chi connectivity index (χ1) is 10.1. The molecule has 0 aliphatic rings. The Balaban J connectivity index is 1.96. The summed E-state index contributed by atoms with van der Waals surface area (Å²) in [6.07, 6.45) is 0. The number of nitrogens with two attached hydrogens (primary N) is 1. The van der Waals surface area contributed by atoms with Gasteiger partial charge in [-0.3, -0.25) is 9.59 Å². The fourth-order valence-electron chi connectivity index (χ4n) is 1.67. The van der Waals surface area contributed by atoms with Crippen LogP contribution >= 0.6 is 11.8 Å². The largest absolute Gasteiger partial charge is 0.366 e. The molecule has 0 saturated heterocycles. The number of carbonyl (C=O) groups is 2. The highest BCUT2D eigenvalue weighted by Gasteiger charge is 2.10. The second-order valence-electron chi connectivity index (χ2n) is 4.20. The van der Waals surface area contributed by atoms with Gasteiger partial charge in [0.15, 0.2) is 0 Å². The minimum atomic E-state index is -0.600. The van der Waals surface area contributed by atoms with Gasteiger partial charge < -0.3 is 11.1 Å². The number of rotatable bonds is 5. The summed E-state index contributed by atoms with van der Waals surface area (Å²) >= 11 is 1.28. The molecule has 2 rings (SSSR count). The van der Waals surface area contributed by atoms with Crippen molar-refractivity contribution in [3.63, 3.8) is 0 Å². The van der Waals surface area contributed by atoms with Crippen LogP contribution < -0.4 is 11.1 Å². The third kappa shape index (κ3) is 4.32. The van der Waals surface area contributed by atoms with Crippen molar-refractivity contribution in [1.82, 2.24) is 0 Å². The first-order valence-corrected chi connectivity index (χ1v) is 7.12. The van der Waals surface area contributed by atoms with Crippen LogP contribution in [-0.2, 0) is 4.79 Å². The molecule has 0 bridgehead atoms. The van der Waals surface area contributed by atoms with Gasteiger partial charge >= 0.3 is 0 Å². The van der Waals surface area contributed by atoms with E-state index >= 15 is 0 Å². The number of anilines is 1. The highest BCUT2D eigenvalue weighted by Crippen LogP contribution is 2.19. The second kappa shape index (κ2) is 6.90. The maximum atomic E-state index is 12.8. The van der Waals surface area contributed by atoms with E-state index < -0.39 is 5.91 Å². The van der Waals surface area contributed by atoms with Crippen molar-refractivity contribution in [1.29, 1.82) is 0 Å². The molecule has 0 aromatic heterocycles. The van der Waals surface area contributed by atoms with Crippen molar-refractivity contribution < 1.29 is 14.0 Å². The smallest absolute Gasteiger partial charge is 0.250 e. The molecule has 0 radical (unpaired) electrons. The van der Waals surface area contributed by atoms with Gasteiger partial charge in [-0.2, -0.15) is 0 Å². The topological polar surface area (TPSA) is 72.2 Å². The quantitative estimate of drug-likeness (QED) is 0.834. The average molecular weight is 304 g/mol. The van der Waals surface area contributed by atoms with Crippen LogP contribution in [0.5, 0.6) is 0 Å². The van der Waals surface area contributed by atoms with Crippen LogP contribution in [0.25, 0.3) is 0 Å². The standard InChI is InChI=1S/C15H13FN2O2S/c16-10-5-7-11(8-6-10)21-9-14(19)18-13-4-2-1-3-12(13)15(17)20/h1-8H,9H2,(H2,17,20)(H,18,19). The van der Waals surface area contributed by atoms with Crippen LogP contribution in [0.2, 0.25) is 0 Å². The van der Waals surface area contributed by atoms with Crippen LogP contribution in [0.15, 0.2) is 53.4 Å². The monoisotopic (exact) mass is 304 g/mol. The number of thioether (sulfide) groups is 1. The van der Waals surface area contributed by atoms with Gasteiger partial charge in [0.1, 0.15) is 5.82 Å². The van der Waals surface area contributed by atoms with E-state index in [-0.39, 0.29) is 23.0 Å². The molecule has 108 valence electrons. The molecular weight excluding hydrogens is 291 g/mol. The summed E-state index contributed by atoms with van der Waals surface area (Å²) in [5, 5.41) is 2.64. The highest BCUT2D eigenvalue weighted by molar-refractivity contribution is 8.00. The number of carbonyl (C=O) groups excluding carboxylic acids is 2. The molecule has 3 N–H and O–H groups in total. The highest BCUT2D eigenvalue weighted by atomic mass is 32.2. The summed E-state index contributed by atoms with van der Waals surface area (Å²) < 4.78 is 12.8. The maximum Gasteiger partial charge on any atom is 0.250 e. The Morgan fingerprint density at radius 2 is 1.76 bits per heavy atom. The van der Waals surface area contributed by atoms with Crippen LogP contribution in [0, 0.1) is 5.82 Å². The van der Waals surface area contributed by atoms with Gasteiger partial charge in [-0.15, -0.1) is 11.8 Å². The van der Waals surface area contributed by atoms with Crippen LogP contribution in [-0.4, -0.2) is 17.6 Å². The zero-order valence-corrected chi connectivity index (χ0v) is 11.8. The molecule has 0 unspecified atom stereocenters. The number of nitrogens with one attached hydrogen (secondary N) is 1. The molecule has 0 saturated carbocycles. The Hall–Kier alpha value is -2.34. The summed E-state index contributed by atoms with van der Waals surface area (Å²) in [4.78, 5) is 23.9.